The molecule has 0 saturated heterocycles. The summed E-state index contributed by atoms with van der Waals surface area (Å²) in [6.45, 7) is 2.80. The predicted molar refractivity (Wildman–Crippen MR) is 68.3 cm³/mol. The minimum absolute atomic E-state index is 0.800. The molecule has 0 atom stereocenters. The maximum Gasteiger partial charge on any atom is 0.183 e. The minimum atomic E-state index is 0.800. The first-order chi connectivity index (χ1) is 7.25. The highest BCUT2D eigenvalue weighted by Gasteiger charge is 2.00. The zero-order valence-electron chi connectivity index (χ0n) is 8.33. The lowest BCUT2D eigenvalue weighted by molar-refractivity contribution is 1.11. The van der Waals surface area contributed by atoms with E-state index in [1.165, 1.54) is 5.56 Å². The molecule has 4 heteroatoms. The van der Waals surface area contributed by atoms with Crippen LogP contribution in [0.3, 0.4) is 0 Å². The van der Waals surface area contributed by atoms with Gasteiger partial charge in [0.2, 0.25) is 0 Å². The fourth-order valence-electron chi connectivity index (χ4n) is 1.25. The van der Waals surface area contributed by atoms with Crippen LogP contribution in [0.5, 0.6) is 0 Å². The van der Waals surface area contributed by atoms with Gasteiger partial charge in [0.05, 0.1) is 5.69 Å². The van der Waals surface area contributed by atoms with Gasteiger partial charge in [0.15, 0.2) is 5.13 Å². The van der Waals surface area contributed by atoms with Gasteiger partial charge < -0.3 is 5.32 Å². The molecular formula is C11H11BrN2S. The molecule has 1 heterocycles. The largest absolute Gasteiger partial charge is 0.357 e. The Morgan fingerprint density at radius 1 is 1.40 bits per heavy atom. The first kappa shape index (κ1) is 10.6. The molecule has 0 bridgehead atoms. The molecular weight excluding hydrogens is 272 g/mol. The number of benzene rings is 1. The van der Waals surface area contributed by atoms with Crippen molar-refractivity contribution in [1.29, 1.82) is 0 Å². The molecule has 78 valence electrons. The van der Waals surface area contributed by atoms with Crippen molar-refractivity contribution in [1.82, 2.24) is 4.98 Å². The van der Waals surface area contributed by atoms with E-state index in [0.29, 0.717) is 0 Å². The molecule has 1 aromatic carbocycles. The van der Waals surface area contributed by atoms with E-state index in [2.05, 4.69) is 32.3 Å². The van der Waals surface area contributed by atoms with Gasteiger partial charge in [-0.2, -0.15) is 0 Å². The Morgan fingerprint density at radius 3 is 2.87 bits per heavy atom. The molecule has 0 unspecified atom stereocenters. The topological polar surface area (TPSA) is 24.9 Å². The Kier molecular flexibility index (Phi) is 3.38. The molecule has 2 nitrogen and oxygen atoms in total. The molecule has 1 aromatic heterocycles. The summed E-state index contributed by atoms with van der Waals surface area (Å²) in [5.74, 6) is 0. The number of hydrogen-bond acceptors (Lipinski definition) is 3. The maximum absolute atomic E-state index is 4.35. The Morgan fingerprint density at radius 2 is 2.20 bits per heavy atom. The van der Waals surface area contributed by atoms with Crippen LogP contribution in [-0.4, -0.2) is 4.98 Å². The van der Waals surface area contributed by atoms with Crippen molar-refractivity contribution < 1.29 is 0 Å². The molecule has 2 aromatic rings. The van der Waals surface area contributed by atoms with Crippen LogP contribution in [0.1, 0.15) is 11.3 Å². The van der Waals surface area contributed by atoms with Crippen molar-refractivity contribution in [3.05, 3.63) is 45.4 Å². The summed E-state index contributed by atoms with van der Waals surface area (Å²) in [4.78, 5) is 4.35. The fraction of sp³-hybridized carbons (Fsp3) is 0.182. The molecule has 0 spiro atoms. The van der Waals surface area contributed by atoms with Crippen LogP contribution < -0.4 is 5.32 Å². The van der Waals surface area contributed by atoms with E-state index in [1.54, 1.807) is 11.3 Å². The summed E-state index contributed by atoms with van der Waals surface area (Å²) in [6, 6.07) is 8.19. The van der Waals surface area contributed by atoms with E-state index in [-0.39, 0.29) is 0 Å². The highest BCUT2D eigenvalue weighted by molar-refractivity contribution is 9.10. The lowest BCUT2D eigenvalue weighted by atomic mass is 10.2. The average Bonchev–Trinajstić information content (AvgIpc) is 2.63. The standard InChI is InChI=1S/C11H11BrN2S/c1-8-7-15-11(14-8)13-6-9-4-2-3-5-10(9)12/h2-5,7H,6H2,1H3,(H,13,14). The number of nitrogens with one attached hydrogen (secondary N) is 1. The van der Waals surface area contributed by atoms with Gasteiger partial charge in [-0.25, -0.2) is 4.98 Å². The Labute approximate surface area is 101 Å². The molecule has 1 N–H and O–H groups in total. The number of aromatic nitrogens is 1. The number of nitrogens with zero attached hydrogens (tertiary/aromatic N) is 1. The van der Waals surface area contributed by atoms with Gasteiger partial charge in [0.25, 0.3) is 0 Å². The molecule has 0 aliphatic rings. The second-order valence-corrected chi connectivity index (χ2v) is 4.95. The molecule has 2 rings (SSSR count). The molecule has 15 heavy (non-hydrogen) atoms. The zero-order valence-corrected chi connectivity index (χ0v) is 10.7. The second-order valence-electron chi connectivity index (χ2n) is 3.24. The second kappa shape index (κ2) is 4.77. The molecule has 0 aliphatic carbocycles. The van der Waals surface area contributed by atoms with Crippen LogP contribution in [-0.2, 0) is 6.54 Å². The Bertz CT molecular complexity index is 453. The van der Waals surface area contributed by atoms with E-state index >= 15 is 0 Å². The van der Waals surface area contributed by atoms with Crippen molar-refractivity contribution >= 4 is 32.4 Å². The number of thiazole rings is 1. The average molecular weight is 283 g/mol. The van der Waals surface area contributed by atoms with Gasteiger partial charge in [0.1, 0.15) is 0 Å². The quantitative estimate of drug-likeness (QED) is 0.926. The third-order valence-electron chi connectivity index (χ3n) is 2.01. The van der Waals surface area contributed by atoms with Crippen molar-refractivity contribution in [2.75, 3.05) is 5.32 Å². The summed E-state index contributed by atoms with van der Waals surface area (Å²) in [6.07, 6.45) is 0. The van der Waals surface area contributed by atoms with Crippen LogP contribution in [0.4, 0.5) is 5.13 Å². The lowest BCUT2D eigenvalue weighted by Crippen LogP contribution is -1.99. The van der Waals surface area contributed by atoms with E-state index < -0.39 is 0 Å². The predicted octanol–water partition coefficient (Wildman–Crippen LogP) is 3.83. The number of anilines is 1. The first-order valence-corrected chi connectivity index (χ1v) is 6.32. The number of hydrogen-bond donors (Lipinski definition) is 1. The maximum atomic E-state index is 4.35. The monoisotopic (exact) mass is 282 g/mol. The van der Waals surface area contributed by atoms with Gasteiger partial charge in [-0.15, -0.1) is 11.3 Å². The number of rotatable bonds is 3. The zero-order chi connectivity index (χ0) is 10.7. The summed E-state index contributed by atoms with van der Waals surface area (Å²) in [5, 5.41) is 6.32. The van der Waals surface area contributed by atoms with E-state index in [9.17, 15) is 0 Å². The normalized spacial score (nSPS) is 10.3. The minimum Gasteiger partial charge on any atom is -0.357 e. The van der Waals surface area contributed by atoms with Crippen LogP contribution in [0.15, 0.2) is 34.1 Å². The van der Waals surface area contributed by atoms with E-state index in [0.717, 1.165) is 21.8 Å². The molecule has 0 amide bonds. The first-order valence-electron chi connectivity index (χ1n) is 4.65. The van der Waals surface area contributed by atoms with Crippen molar-refractivity contribution in [3.63, 3.8) is 0 Å². The van der Waals surface area contributed by atoms with Gasteiger partial charge in [0, 0.05) is 16.4 Å². The van der Waals surface area contributed by atoms with Crippen molar-refractivity contribution in [2.45, 2.75) is 13.5 Å². The SMILES string of the molecule is Cc1csc(NCc2ccccc2Br)n1. The molecule has 0 aliphatic heterocycles. The molecule has 0 saturated carbocycles. The highest BCUT2D eigenvalue weighted by atomic mass is 79.9. The van der Waals surface area contributed by atoms with E-state index in [1.807, 2.05) is 30.5 Å². The summed E-state index contributed by atoms with van der Waals surface area (Å²) in [5.41, 5.74) is 2.31. The highest BCUT2D eigenvalue weighted by Crippen LogP contribution is 2.19. The lowest BCUT2D eigenvalue weighted by Gasteiger charge is -2.04. The van der Waals surface area contributed by atoms with Gasteiger partial charge in [-0.05, 0) is 18.6 Å². The molecule has 0 fully saturated rings. The van der Waals surface area contributed by atoms with Crippen LogP contribution in [0.25, 0.3) is 0 Å². The van der Waals surface area contributed by atoms with Gasteiger partial charge >= 0.3 is 0 Å². The van der Waals surface area contributed by atoms with Crippen molar-refractivity contribution in [3.8, 4) is 0 Å². The third-order valence-corrected chi connectivity index (χ3v) is 3.70. The smallest absolute Gasteiger partial charge is 0.183 e. The number of aryl methyl sites for hydroxylation is 1. The third kappa shape index (κ3) is 2.79. The van der Waals surface area contributed by atoms with E-state index in [4.69, 9.17) is 0 Å². The summed E-state index contributed by atoms with van der Waals surface area (Å²) < 4.78 is 1.13. The summed E-state index contributed by atoms with van der Waals surface area (Å²) >= 11 is 5.16. The van der Waals surface area contributed by atoms with Crippen LogP contribution in [0.2, 0.25) is 0 Å². The molecule has 0 radical (unpaired) electrons. The van der Waals surface area contributed by atoms with Crippen LogP contribution in [0, 0.1) is 6.92 Å². The van der Waals surface area contributed by atoms with Gasteiger partial charge in [-0.1, -0.05) is 34.1 Å². The Hall–Kier alpha value is -0.870. The fourth-order valence-corrected chi connectivity index (χ4v) is 2.36. The van der Waals surface area contributed by atoms with Crippen LogP contribution >= 0.6 is 27.3 Å². The van der Waals surface area contributed by atoms with Gasteiger partial charge in [-0.3, -0.25) is 0 Å². The number of halogens is 1. The Balaban J connectivity index is 2.02. The van der Waals surface area contributed by atoms with Crippen molar-refractivity contribution in [2.24, 2.45) is 0 Å². The summed E-state index contributed by atoms with van der Waals surface area (Å²) in [7, 11) is 0.